The van der Waals surface area contributed by atoms with E-state index < -0.39 is 0 Å². The van der Waals surface area contributed by atoms with Crippen LogP contribution in [0.3, 0.4) is 0 Å². The summed E-state index contributed by atoms with van der Waals surface area (Å²) in [5.41, 5.74) is 0. The molecule has 0 aromatic carbocycles. The molecule has 1 aromatic rings. The van der Waals surface area contributed by atoms with Gasteiger partial charge in [-0.2, -0.15) is 11.8 Å². The molecule has 1 heterocycles. The summed E-state index contributed by atoms with van der Waals surface area (Å²) >= 11 is 1.82. The van der Waals surface area contributed by atoms with E-state index in [0.717, 1.165) is 12.4 Å². The van der Waals surface area contributed by atoms with Crippen LogP contribution < -0.4 is 10.1 Å². The van der Waals surface area contributed by atoms with Gasteiger partial charge >= 0.3 is 0 Å². The zero-order valence-corrected chi connectivity index (χ0v) is 10.4. The molecule has 0 spiro atoms. The summed E-state index contributed by atoms with van der Waals surface area (Å²) in [5, 5.41) is 3.26. The minimum absolute atomic E-state index is 0.193. The quantitative estimate of drug-likeness (QED) is 0.834. The summed E-state index contributed by atoms with van der Waals surface area (Å²) in [6.45, 7) is 5.22. The van der Waals surface area contributed by atoms with Crippen LogP contribution in [0.2, 0.25) is 0 Å². The number of methoxy groups -OCH3 is 1. The number of nitrogens with zero attached hydrogens (tertiary/aromatic N) is 2. The smallest absolute Gasteiger partial charge is 0.218 e. The number of hydrogen-bond acceptors (Lipinski definition) is 5. The molecule has 0 aliphatic rings. The molecule has 0 aliphatic carbocycles. The van der Waals surface area contributed by atoms with Crippen LogP contribution in [0.5, 0.6) is 5.88 Å². The lowest BCUT2D eigenvalue weighted by atomic mass is 10.2. The summed E-state index contributed by atoms with van der Waals surface area (Å²) < 4.78 is 5.21. The van der Waals surface area contributed by atoms with Crippen molar-refractivity contribution in [3.8, 4) is 5.88 Å². The molecule has 0 radical (unpaired) electrons. The second kappa shape index (κ2) is 5.21. The van der Waals surface area contributed by atoms with Gasteiger partial charge in [-0.1, -0.05) is 0 Å². The van der Waals surface area contributed by atoms with E-state index in [-0.39, 0.29) is 4.75 Å². The van der Waals surface area contributed by atoms with Crippen molar-refractivity contribution in [3.63, 3.8) is 0 Å². The van der Waals surface area contributed by atoms with Crippen molar-refractivity contribution in [2.75, 3.05) is 25.2 Å². The van der Waals surface area contributed by atoms with Gasteiger partial charge in [-0.15, -0.1) is 0 Å². The van der Waals surface area contributed by atoms with Gasteiger partial charge in [-0.3, -0.25) is 0 Å². The Morgan fingerprint density at radius 1 is 1.47 bits per heavy atom. The number of anilines is 1. The molecular formula is C10H17N3OS. The molecular weight excluding hydrogens is 210 g/mol. The van der Waals surface area contributed by atoms with Crippen molar-refractivity contribution in [2.45, 2.75) is 18.6 Å². The first kappa shape index (κ1) is 12.1. The molecule has 4 nitrogen and oxygen atoms in total. The van der Waals surface area contributed by atoms with Crippen molar-refractivity contribution in [3.05, 3.63) is 12.4 Å². The molecule has 0 amide bonds. The molecule has 1 rings (SSSR count). The third-order valence-electron chi connectivity index (χ3n) is 2.10. The van der Waals surface area contributed by atoms with Gasteiger partial charge in [0, 0.05) is 17.4 Å². The largest absolute Gasteiger partial charge is 0.481 e. The topological polar surface area (TPSA) is 47.0 Å². The maximum Gasteiger partial charge on any atom is 0.218 e. The van der Waals surface area contributed by atoms with E-state index in [0.29, 0.717) is 5.88 Å². The lowest BCUT2D eigenvalue weighted by Gasteiger charge is -2.22. The number of rotatable bonds is 5. The van der Waals surface area contributed by atoms with Gasteiger partial charge in [-0.25, -0.2) is 9.97 Å². The molecule has 0 saturated carbocycles. The van der Waals surface area contributed by atoms with Crippen LogP contribution in [-0.4, -0.2) is 34.6 Å². The maximum absolute atomic E-state index is 5.02. The molecule has 84 valence electrons. The Morgan fingerprint density at radius 2 is 2.20 bits per heavy atom. The standard InChI is InChI=1S/C10H17N3OS/c1-10(2,15-4)6-11-8-5-9(14-3)13-7-12-8/h5,7H,6H2,1-4H3,(H,11,12,13). The van der Waals surface area contributed by atoms with Crippen LogP contribution >= 0.6 is 11.8 Å². The van der Waals surface area contributed by atoms with Gasteiger partial charge in [0.25, 0.3) is 0 Å². The Kier molecular flexibility index (Phi) is 4.20. The van der Waals surface area contributed by atoms with Gasteiger partial charge < -0.3 is 10.1 Å². The molecule has 0 atom stereocenters. The predicted octanol–water partition coefficient (Wildman–Crippen LogP) is 2.04. The first-order valence-corrected chi connectivity index (χ1v) is 5.95. The minimum Gasteiger partial charge on any atom is -0.481 e. The minimum atomic E-state index is 0.193. The number of aromatic nitrogens is 2. The second-order valence-electron chi connectivity index (χ2n) is 3.76. The van der Waals surface area contributed by atoms with Crippen LogP contribution in [0.4, 0.5) is 5.82 Å². The number of hydrogen-bond donors (Lipinski definition) is 1. The fraction of sp³-hybridized carbons (Fsp3) is 0.600. The maximum atomic E-state index is 5.02. The Morgan fingerprint density at radius 3 is 2.80 bits per heavy atom. The van der Waals surface area contributed by atoms with Crippen molar-refractivity contribution >= 4 is 17.6 Å². The number of ether oxygens (including phenoxy) is 1. The van der Waals surface area contributed by atoms with Crippen molar-refractivity contribution < 1.29 is 4.74 Å². The summed E-state index contributed by atoms with van der Waals surface area (Å²) in [7, 11) is 1.60. The summed E-state index contributed by atoms with van der Waals surface area (Å²) in [6, 6.07) is 1.79. The van der Waals surface area contributed by atoms with E-state index in [9.17, 15) is 0 Å². The number of nitrogens with one attached hydrogen (secondary N) is 1. The predicted molar refractivity (Wildman–Crippen MR) is 64.7 cm³/mol. The van der Waals surface area contributed by atoms with Gasteiger partial charge in [0.05, 0.1) is 7.11 Å². The van der Waals surface area contributed by atoms with E-state index >= 15 is 0 Å². The average Bonchev–Trinajstić information content (AvgIpc) is 2.27. The molecule has 1 aromatic heterocycles. The third-order valence-corrected chi connectivity index (χ3v) is 3.35. The molecule has 1 N–H and O–H groups in total. The van der Waals surface area contributed by atoms with Crippen molar-refractivity contribution in [1.29, 1.82) is 0 Å². The monoisotopic (exact) mass is 227 g/mol. The fourth-order valence-corrected chi connectivity index (χ4v) is 1.14. The molecule has 0 saturated heterocycles. The normalized spacial score (nSPS) is 11.2. The summed E-state index contributed by atoms with van der Waals surface area (Å²) in [5.74, 6) is 1.37. The van der Waals surface area contributed by atoms with Crippen LogP contribution in [0, 0.1) is 0 Å². The fourth-order valence-electron chi connectivity index (χ4n) is 0.923. The third kappa shape index (κ3) is 3.95. The Balaban J connectivity index is 2.57. The lowest BCUT2D eigenvalue weighted by Crippen LogP contribution is -2.26. The van der Waals surface area contributed by atoms with Crippen molar-refractivity contribution in [1.82, 2.24) is 9.97 Å². The zero-order chi connectivity index (χ0) is 11.3. The van der Waals surface area contributed by atoms with Crippen LogP contribution in [0.25, 0.3) is 0 Å². The van der Waals surface area contributed by atoms with Gasteiger partial charge in [0.2, 0.25) is 5.88 Å². The van der Waals surface area contributed by atoms with Crippen molar-refractivity contribution in [2.24, 2.45) is 0 Å². The highest BCUT2D eigenvalue weighted by atomic mass is 32.2. The zero-order valence-electron chi connectivity index (χ0n) is 9.57. The van der Waals surface area contributed by atoms with E-state index in [2.05, 4.69) is 35.4 Å². The Labute approximate surface area is 94.8 Å². The SMILES string of the molecule is COc1cc(NCC(C)(C)SC)ncn1. The molecule has 0 aliphatic heterocycles. The van der Waals surface area contributed by atoms with E-state index in [1.807, 2.05) is 11.8 Å². The molecule has 15 heavy (non-hydrogen) atoms. The average molecular weight is 227 g/mol. The second-order valence-corrected chi connectivity index (χ2v) is 5.28. The number of thioether (sulfide) groups is 1. The molecule has 5 heteroatoms. The summed E-state index contributed by atoms with van der Waals surface area (Å²) in [6.07, 6.45) is 3.59. The van der Waals surface area contributed by atoms with Gasteiger partial charge in [0.1, 0.15) is 12.1 Å². The Bertz CT molecular complexity index is 317. The van der Waals surface area contributed by atoms with E-state index in [4.69, 9.17) is 4.74 Å². The van der Waals surface area contributed by atoms with Crippen LogP contribution in [0.15, 0.2) is 12.4 Å². The Hall–Kier alpha value is -0.970. The highest BCUT2D eigenvalue weighted by Gasteiger charge is 2.15. The van der Waals surface area contributed by atoms with E-state index in [1.165, 1.54) is 6.33 Å². The highest BCUT2D eigenvalue weighted by molar-refractivity contribution is 7.99. The summed E-state index contributed by atoms with van der Waals surface area (Å²) in [4.78, 5) is 8.06. The lowest BCUT2D eigenvalue weighted by molar-refractivity contribution is 0.397. The molecule has 0 fully saturated rings. The first-order chi connectivity index (χ1) is 7.07. The van der Waals surface area contributed by atoms with Crippen LogP contribution in [-0.2, 0) is 0 Å². The molecule has 0 bridgehead atoms. The van der Waals surface area contributed by atoms with Gasteiger partial charge in [-0.05, 0) is 20.1 Å². The van der Waals surface area contributed by atoms with Crippen LogP contribution in [0.1, 0.15) is 13.8 Å². The van der Waals surface area contributed by atoms with E-state index in [1.54, 1.807) is 13.2 Å². The molecule has 0 unspecified atom stereocenters. The van der Waals surface area contributed by atoms with Gasteiger partial charge in [0.15, 0.2) is 0 Å². The first-order valence-electron chi connectivity index (χ1n) is 4.72. The highest BCUT2D eigenvalue weighted by Crippen LogP contribution is 2.21.